The molecule has 4 heteroatoms. The summed E-state index contributed by atoms with van der Waals surface area (Å²) < 4.78 is 12.0. The van der Waals surface area contributed by atoms with Gasteiger partial charge in [-0.2, -0.15) is 0 Å². The first-order valence-corrected chi connectivity index (χ1v) is 8.85. The Morgan fingerprint density at radius 3 is 2.00 bits per heavy atom. The summed E-state index contributed by atoms with van der Waals surface area (Å²) in [6, 6.07) is 21.5. The third kappa shape index (κ3) is 3.52. The number of ether oxygens (including phenoxy) is 2. The summed E-state index contributed by atoms with van der Waals surface area (Å²) in [5.41, 5.74) is 3.19. The molecule has 4 rings (SSSR count). The SMILES string of the molecule is Clc1ccc2c(c1)C(COCc1ccccc1)c1cc(Cl)ccc1O2. The standard InChI is InChI=1S/C21H16Cl2O2/c22-15-6-8-20-17(10-15)19(13-24-12-14-4-2-1-3-5-14)18-11-16(23)7-9-21(18)25-20/h1-11,19H,12-13H2. The molecule has 0 saturated carbocycles. The van der Waals surface area contributed by atoms with Crippen LogP contribution in [0.1, 0.15) is 22.6 Å². The Balaban J connectivity index is 1.63. The van der Waals surface area contributed by atoms with Gasteiger partial charge in [0.2, 0.25) is 0 Å². The molecule has 0 atom stereocenters. The van der Waals surface area contributed by atoms with Crippen LogP contribution in [-0.2, 0) is 11.3 Å². The Labute approximate surface area is 156 Å². The monoisotopic (exact) mass is 370 g/mol. The molecular weight excluding hydrogens is 355 g/mol. The minimum absolute atomic E-state index is 0.0277. The second-order valence-corrected chi connectivity index (χ2v) is 6.89. The van der Waals surface area contributed by atoms with Crippen molar-refractivity contribution in [3.8, 4) is 11.5 Å². The first-order valence-electron chi connectivity index (χ1n) is 8.09. The Morgan fingerprint density at radius 1 is 0.800 bits per heavy atom. The molecule has 1 heterocycles. The third-order valence-corrected chi connectivity index (χ3v) is 4.78. The third-order valence-electron chi connectivity index (χ3n) is 4.31. The van der Waals surface area contributed by atoms with E-state index in [-0.39, 0.29) is 5.92 Å². The number of fused-ring (bicyclic) bond motifs is 2. The molecule has 0 amide bonds. The average molecular weight is 371 g/mol. The van der Waals surface area contributed by atoms with Crippen LogP contribution in [0.5, 0.6) is 11.5 Å². The van der Waals surface area contributed by atoms with Crippen molar-refractivity contribution >= 4 is 23.2 Å². The van der Waals surface area contributed by atoms with E-state index in [1.165, 1.54) is 0 Å². The topological polar surface area (TPSA) is 18.5 Å². The van der Waals surface area contributed by atoms with Gasteiger partial charge in [-0.3, -0.25) is 0 Å². The Kier molecular flexibility index (Phi) is 4.67. The molecule has 0 aromatic heterocycles. The zero-order chi connectivity index (χ0) is 17.2. The van der Waals surface area contributed by atoms with E-state index in [2.05, 4.69) is 12.1 Å². The molecule has 3 aromatic carbocycles. The molecule has 2 nitrogen and oxygen atoms in total. The highest BCUT2D eigenvalue weighted by Crippen LogP contribution is 2.45. The van der Waals surface area contributed by atoms with Crippen LogP contribution in [0, 0.1) is 0 Å². The van der Waals surface area contributed by atoms with Gasteiger partial charge < -0.3 is 9.47 Å². The van der Waals surface area contributed by atoms with Gasteiger partial charge in [0.25, 0.3) is 0 Å². The number of benzene rings is 3. The summed E-state index contributed by atoms with van der Waals surface area (Å²) >= 11 is 12.4. The maximum absolute atomic E-state index is 6.21. The van der Waals surface area contributed by atoms with Gasteiger partial charge in [0, 0.05) is 27.1 Å². The number of hydrogen-bond acceptors (Lipinski definition) is 2. The summed E-state index contributed by atoms with van der Waals surface area (Å²) in [6.45, 7) is 1.09. The molecule has 0 radical (unpaired) electrons. The van der Waals surface area contributed by atoms with Crippen LogP contribution < -0.4 is 4.74 Å². The van der Waals surface area contributed by atoms with Crippen molar-refractivity contribution in [3.63, 3.8) is 0 Å². The van der Waals surface area contributed by atoms with Crippen molar-refractivity contribution in [2.75, 3.05) is 6.61 Å². The maximum Gasteiger partial charge on any atom is 0.131 e. The second kappa shape index (κ2) is 7.09. The minimum atomic E-state index is 0.0277. The van der Waals surface area contributed by atoms with E-state index < -0.39 is 0 Å². The van der Waals surface area contributed by atoms with Gasteiger partial charge >= 0.3 is 0 Å². The Hall–Kier alpha value is -2.00. The lowest BCUT2D eigenvalue weighted by Gasteiger charge is -2.28. The largest absolute Gasteiger partial charge is 0.457 e. The van der Waals surface area contributed by atoms with Gasteiger partial charge in [-0.1, -0.05) is 53.5 Å². The molecule has 126 valence electrons. The number of hydrogen-bond donors (Lipinski definition) is 0. The summed E-state index contributed by atoms with van der Waals surface area (Å²) in [5, 5.41) is 1.36. The van der Waals surface area contributed by atoms with Crippen molar-refractivity contribution in [1.29, 1.82) is 0 Å². The lowest BCUT2D eigenvalue weighted by molar-refractivity contribution is 0.112. The predicted octanol–water partition coefficient (Wildman–Crippen LogP) is 6.45. The molecule has 0 bridgehead atoms. The van der Waals surface area contributed by atoms with Crippen LogP contribution in [0.25, 0.3) is 0 Å². The van der Waals surface area contributed by atoms with Gasteiger partial charge in [-0.25, -0.2) is 0 Å². The highest BCUT2D eigenvalue weighted by atomic mass is 35.5. The fourth-order valence-electron chi connectivity index (χ4n) is 3.10. The molecule has 0 aliphatic carbocycles. The van der Waals surface area contributed by atoms with E-state index >= 15 is 0 Å². The molecule has 25 heavy (non-hydrogen) atoms. The van der Waals surface area contributed by atoms with E-state index in [1.54, 1.807) is 0 Å². The highest BCUT2D eigenvalue weighted by molar-refractivity contribution is 6.31. The lowest BCUT2D eigenvalue weighted by atomic mass is 9.88. The van der Waals surface area contributed by atoms with Crippen molar-refractivity contribution in [2.24, 2.45) is 0 Å². The number of halogens is 2. The maximum atomic E-state index is 6.21. The van der Waals surface area contributed by atoms with Crippen LogP contribution in [0.15, 0.2) is 66.7 Å². The fourth-order valence-corrected chi connectivity index (χ4v) is 3.46. The molecule has 0 saturated heterocycles. The average Bonchev–Trinajstić information content (AvgIpc) is 2.63. The fraction of sp³-hybridized carbons (Fsp3) is 0.143. The van der Waals surface area contributed by atoms with Gasteiger partial charge in [0.05, 0.1) is 13.2 Å². The van der Waals surface area contributed by atoms with E-state index in [0.29, 0.717) is 23.3 Å². The summed E-state index contributed by atoms with van der Waals surface area (Å²) in [7, 11) is 0. The smallest absolute Gasteiger partial charge is 0.131 e. The predicted molar refractivity (Wildman–Crippen MR) is 101 cm³/mol. The first kappa shape index (κ1) is 16.5. The van der Waals surface area contributed by atoms with E-state index in [1.807, 2.05) is 54.6 Å². The van der Waals surface area contributed by atoms with Gasteiger partial charge in [0.1, 0.15) is 11.5 Å². The van der Waals surface area contributed by atoms with Crippen LogP contribution in [0.2, 0.25) is 10.0 Å². The molecule has 1 aliphatic heterocycles. The van der Waals surface area contributed by atoms with E-state index in [4.69, 9.17) is 32.7 Å². The molecule has 0 unspecified atom stereocenters. The van der Waals surface area contributed by atoms with Crippen LogP contribution in [-0.4, -0.2) is 6.61 Å². The molecule has 1 aliphatic rings. The first-order chi connectivity index (χ1) is 12.2. The normalized spacial score (nSPS) is 13.0. The zero-order valence-corrected chi connectivity index (χ0v) is 14.9. The van der Waals surface area contributed by atoms with Crippen molar-refractivity contribution in [3.05, 3.63) is 93.5 Å². The summed E-state index contributed by atoms with van der Waals surface area (Å²) in [6.07, 6.45) is 0. The minimum Gasteiger partial charge on any atom is -0.457 e. The second-order valence-electron chi connectivity index (χ2n) is 6.02. The Morgan fingerprint density at radius 2 is 1.40 bits per heavy atom. The van der Waals surface area contributed by atoms with Gasteiger partial charge in [-0.15, -0.1) is 0 Å². The Bertz CT molecular complexity index is 842. The van der Waals surface area contributed by atoms with Crippen molar-refractivity contribution < 1.29 is 9.47 Å². The molecule has 0 N–H and O–H groups in total. The summed E-state index contributed by atoms with van der Waals surface area (Å²) in [4.78, 5) is 0. The molecule has 0 fully saturated rings. The van der Waals surface area contributed by atoms with Crippen LogP contribution >= 0.6 is 23.2 Å². The summed E-state index contributed by atoms with van der Waals surface area (Å²) in [5.74, 6) is 1.65. The van der Waals surface area contributed by atoms with Crippen molar-refractivity contribution in [1.82, 2.24) is 0 Å². The van der Waals surface area contributed by atoms with Gasteiger partial charge in [-0.05, 0) is 42.0 Å². The molecule has 0 spiro atoms. The van der Waals surface area contributed by atoms with Crippen LogP contribution in [0.3, 0.4) is 0 Å². The lowest BCUT2D eigenvalue weighted by Crippen LogP contribution is -2.15. The van der Waals surface area contributed by atoms with Crippen LogP contribution in [0.4, 0.5) is 0 Å². The zero-order valence-electron chi connectivity index (χ0n) is 13.4. The number of rotatable bonds is 4. The van der Waals surface area contributed by atoms with Crippen molar-refractivity contribution in [2.45, 2.75) is 12.5 Å². The quantitative estimate of drug-likeness (QED) is 0.525. The highest BCUT2D eigenvalue weighted by Gasteiger charge is 2.28. The van der Waals surface area contributed by atoms with E-state index in [0.717, 1.165) is 28.2 Å². The molecule has 3 aromatic rings. The van der Waals surface area contributed by atoms with Gasteiger partial charge in [0.15, 0.2) is 0 Å². The van der Waals surface area contributed by atoms with E-state index in [9.17, 15) is 0 Å². The molecular formula is C21H16Cl2O2.